The molecule has 5 nitrogen and oxygen atoms in total. The van der Waals surface area contributed by atoms with Crippen LogP contribution in [0.25, 0.3) is 19.9 Å². The number of rotatable bonds is 10. The second kappa shape index (κ2) is 37.7. The van der Waals surface area contributed by atoms with Gasteiger partial charge in [-0.2, -0.15) is 0 Å². The molecule has 68 heavy (non-hydrogen) atoms. The fourth-order valence-corrected chi connectivity index (χ4v) is 9.10. The van der Waals surface area contributed by atoms with E-state index in [1.807, 2.05) is 48.5 Å². The van der Waals surface area contributed by atoms with E-state index in [9.17, 15) is 0 Å². The van der Waals surface area contributed by atoms with Crippen molar-refractivity contribution >= 4 is 55.7 Å². The fourth-order valence-electron chi connectivity index (χ4n) is 4.58. The third kappa shape index (κ3) is 33.7. The second-order valence-electron chi connectivity index (χ2n) is 22.9. The van der Waals surface area contributed by atoms with Gasteiger partial charge in [-0.25, -0.2) is 97.1 Å². The van der Waals surface area contributed by atoms with Crippen LogP contribution in [0, 0.1) is 0 Å². The van der Waals surface area contributed by atoms with Gasteiger partial charge in [0, 0.05) is 64.9 Å². The number of unbranched alkanes of at least 4 members (excludes halogenated alkanes) is 2. The predicted octanol–water partition coefficient (Wildman–Crippen LogP) is 14.7. The van der Waals surface area contributed by atoms with Gasteiger partial charge in [0.05, 0.1) is 0 Å². The monoisotopic (exact) mass is 1160 g/mol. The van der Waals surface area contributed by atoms with E-state index in [0.717, 1.165) is 36.0 Å². The standard InChI is InChI=1S/4C11H19NSi.C5H12.C4H8O.2FH.2Fe.2Sc/c4*1-11(2,3)13(4,5)12-10-8-6-7-9-10;1-3-5-4-2;1-2-4-5-3-1;;;;;;/h4*6-9H,1-5H3;3-5H2,1-2H3;1-4H2;2*1H;;;;/q4*-2;;;;;2*+3;;/p-2. The summed E-state index contributed by atoms with van der Waals surface area (Å²) in [5.41, 5.74) is 4.58. The van der Waals surface area contributed by atoms with Gasteiger partial charge in [0.15, 0.2) is 0 Å². The van der Waals surface area contributed by atoms with Gasteiger partial charge in [-0.3, -0.25) is 22.7 Å². The van der Waals surface area contributed by atoms with Crippen molar-refractivity contribution in [2.45, 2.75) is 202 Å². The molecule has 0 aromatic heterocycles. The van der Waals surface area contributed by atoms with E-state index < -0.39 is 32.9 Å². The van der Waals surface area contributed by atoms with Crippen molar-refractivity contribution in [1.29, 1.82) is 0 Å². The van der Waals surface area contributed by atoms with Gasteiger partial charge >= 0.3 is 34.1 Å². The first-order chi connectivity index (χ1) is 28.2. The molecule has 4 aromatic rings. The second-order valence-corrected chi connectivity index (χ2v) is 42.3. The summed E-state index contributed by atoms with van der Waals surface area (Å²) in [5.74, 6) is 0. The molecule has 1 aliphatic rings. The Morgan fingerprint density at radius 3 is 0.632 bits per heavy atom. The van der Waals surface area contributed by atoms with Crippen molar-refractivity contribution in [3.63, 3.8) is 0 Å². The molecule has 0 spiro atoms. The molecule has 4 radical (unpaired) electrons. The van der Waals surface area contributed by atoms with Crippen LogP contribution in [0.15, 0.2) is 97.1 Å². The molecule has 0 atom stereocenters. The zero-order chi connectivity index (χ0) is 48.1. The molecule has 0 aliphatic carbocycles. The Bertz CT molecular complexity index is 1420. The average molecular weight is 1160 g/mol. The molecule has 4 aromatic carbocycles. The Morgan fingerprint density at radius 1 is 0.382 bits per heavy atom. The average Bonchev–Trinajstić information content (AvgIpc) is 3.97. The molecule has 1 heterocycles. The zero-order valence-electron chi connectivity index (χ0n) is 47.0. The molecule has 0 amide bonds. The third-order valence-corrected chi connectivity index (χ3v) is 31.0. The normalized spacial score (nSPS) is 12.3. The summed E-state index contributed by atoms with van der Waals surface area (Å²) in [4.78, 5) is 19.4. The van der Waals surface area contributed by atoms with Crippen LogP contribution in [0.4, 0.5) is 22.7 Å². The van der Waals surface area contributed by atoms with Crippen LogP contribution in [-0.4, -0.2) is 46.2 Å². The molecule has 0 bridgehead atoms. The molecule has 390 valence electrons. The first kappa shape index (κ1) is 82.1. The van der Waals surface area contributed by atoms with Crippen LogP contribution in [0.2, 0.25) is 72.5 Å². The van der Waals surface area contributed by atoms with E-state index >= 15 is 0 Å². The van der Waals surface area contributed by atoms with Crippen molar-refractivity contribution in [1.82, 2.24) is 0 Å². The van der Waals surface area contributed by atoms with Crippen LogP contribution in [0.3, 0.4) is 0 Å². The van der Waals surface area contributed by atoms with Crippen molar-refractivity contribution in [2.75, 3.05) is 13.2 Å². The van der Waals surface area contributed by atoms with Crippen LogP contribution in [0.1, 0.15) is 129 Å². The van der Waals surface area contributed by atoms with E-state index in [0.29, 0.717) is 20.2 Å². The van der Waals surface area contributed by atoms with E-state index in [4.69, 9.17) is 24.7 Å². The molecule has 1 aliphatic heterocycles. The summed E-state index contributed by atoms with van der Waals surface area (Å²) in [6, 6.07) is 33.1. The van der Waals surface area contributed by atoms with Crippen molar-refractivity contribution in [3.8, 4) is 0 Å². The van der Waals surface area contributed by atoms with Gasteiger partial charge in [0.25, 0.3) is 0 Å². The summed E-state index contributed by atoms with van der Waals surface area (Å²) in [6.45, 7) is 52.4. The van der Waals surface area contributed by atoms with Gasteiger partial charge in [0.2, 0.25) is 0 Å². The Hall–Kier alpha value is 0.0668. The molecule has 1 fully saturated rings. The maximum absolute atomic E-state index is 4.94. The van der Waals surface area contributed by atoms with Gasteiger partial charge < -0.3 is 34.1 Å². The number of hydrogen-bond donors (Lipinski definition) is 0. The summed E-state index contributed by atoms with van der Waals surface area (Å²) in [7, 11) is -5.94. The molecule has 15 heteroatoms. The summed E-state index contributed by atoms with van der Waals surface area (Å²) in [5, 5.41) is 1.35. The minimum absolute atomic E-state index is 0. The third-order valence-electron chi connectivity index (χ3n) is 13.1. The first-order valence-electron chi connectivity index (χ1n) is 23.6. The minimum atomic E-state index is -1.48. The molecule has 0 unspecified atom stereocenters. The molecule has 0 saturated carbocycles. The predicted molar refractivity (Wildman–Crippen MR) is 294 cm³/mol. The summed E-state index contributed by atoms with van der Waals surface area (Å²) < 4.78 is 4.94. The largest absolute Gasteiger partial charge is 3.00 e. The fraction of sp³-hybridized carbons (Fsp3) is 0.623. The van der Waals surface area contributed by atoms with Gasteiger partial charge in [-0.1, -0.05) is 189 Å². The van der Waals surface area contributed by atoms with Gasteiger partial charge in [-0.15, -0.1) is 0 Å². The number of ether oxygens (including phenoxy) is 1. The quantitative estimate of drug-likeness (QED) is 0.115. The maximum atomic E-state index is 4.94. The molecular weight excluding hydrogens is 1060 g/mol. The summed E-state index contributed by atoms with van der Waals surface area (Å²) >= 11 is 0. The van der Waals surface area contributed by atoms with Crippen molar-refractivity contribution in [3.05, 3.63) is 117 Å². The van der Waals surface area contributed by atoms with Crippen LogP contribution in [0.5, 0.6) is 0 Å². The van der Waals surface area contributed by atoms with E-state index in [-0.39, 0.29) is 95.2 Å². The molecule has 0 N–H and O–H groups in total. The van der Waals surface area contributed by atoms with Crippen molar-refractivity contribution < 1.29 is 100.0 Å². The van der Waals surface area contributed by atoms with Crippen LogP contribution in [-0.2, 0) is 90.6 Å². The van der Waals surface area contributed by atoms with E-state index in [1.165, 1.54) is 32.1 Å². The van der Waals surface area contributed by atoms with Gasteiger partial charge in [-0.05, 0) is 45.8 Å². The topological polar surface area (TPSA) is 65.6 Å². The SMILES string of the molecule is C1CCOC1.CC(C)(C)[Si](C)(C)[N-][c-]1cccc1.CC(C)(C)[Si](C)(C)[N-][c-]1cccc1.CC(C)(C)[Si](C)(C)[N-][c-]1cccc1.CC(C)(C)[Si](C)(C)[N-][c-]1cccc1.CCCCC.[F-].[F-].[Fe+3].[Fe+3].[Sc].[Sc]. The summed E-state index contributed by atoms with van der Waals surface area (Å²) in [6.07, 6.45) is 6.63. The Balaban J connectivity index is -0.000000133. The van der Waals surface area contributed by atoms with Crippen LogP contribution >= 0.6 is 0 Å². The maximum Gasteiger partial charge on any atom is 3.00 e. The van der Waals surface area contributed by atoms with E-state index in [1.54, 1.807) is 0 Å². The number of nitrogens with zero attached hydrogens (tertiary/aromatic N) is 4. The van der Waals surface area contributed by atoms with Crippen LogP contribution < -0.4 is 9.41 Å². The Kier molecular flexibility index (Phi) is 45.6. The minimum Gasteiger partial charge on any atom is -1.00 e. The van der Waals surface area contributed by atoms with Crippen molar-refractivity contribution in [2.24, 2.45) is 0 Å². The van der Waals surface area contributed by atoms with E-state index in [2.05, 4.69) is 198 Å². The number of halogens is 2. The number of hydrogen-bond acceptors (Lipinski definition) is 1. The first-order valence-corrected chi connectivity index (χ1v) is 35.4. The molecule has 5 rings (SSSR count). The zero-order valence-corrected chi connectivity index (χ0v) is 56.8. The molecule has 1 saturated heterocycles. The Labute approximate surface area is 482 Å². The smallest absolute Gasteiger partial charge is 1.00 e. The Morgan fingerprint density at radius 2 is 0.544 bits per heavy atom. The molecular formula is C53H96F2Fe2N4OSc2Si4-4. The van der Waals surface area contributed by atoms with Gasteiger partial charge in [0.1, 0.15) is 0 Å².